The lowest BCUT2D eigenvalue weighted by molar-refractivity contribution is -0.148. The molecule has 3 rings (SSSR count). The number of hydrogen-bond acceptors (Lipinski definition) is 6. The first kappa shape index (κ1) is 19.7. The third-order valence-electron chi connectivity index (χ3n) is 7.42. The van der Waals surface area contributed by atoms with Crippen molar-refractivity contribution in [1.29, 1.82) is 0 Å². The number of rotatable bonds is 1. The number of aliphatic hydroxyl groups is 5. The Bertz CT molecular complexity index is 689. The van der Waals surface area contributed by atoms with E-state index in [-0.39, 0.29) is 23.4 Å². The summed E-state index contributed by atoms with van der Waals surface area (Å²) in [4.78, 5) is 12.5. The molecule has 26 heavy (non-hydrogen) atoms. The number of fused-ring (bicyclic) bond motifs is 2. The zero-order chi connectivity index (χ0) is 19.8. The molecule has 6 heteroatoms. The fraction of sp³-hybridized carbons (Fsp3) is 0.750. The Hall–Kier alpha value is -1.05. The molecule has 3 aliphatic rings. The van der Waals surface area contributed by atoms with Gasteiger partial charge in [-0.3, -0.25) is 4.79 Å². The van der Waals surface area contributed by atoms with Crippen LogP contribution in [0.2, 0.25) is 0 Å². The smallest absolute Gasteiger partial charge is 0.159 e. The Balaban J connectivity index is 2.34. The average Bonchev–Trinajstić information content (AvgIpc) is 2.79. The Kier molecular flexibility index (Phi) is 4.34. The second-order valence-corrected chi connectivity index (χ2v) is 9.12. The molecule has 0 unspecified atom stereocenters. The van der Waals surface area contributed by atoms with Gasteiger partial charge in [-0.05, 0) is 50.3 Å². The largest absolute Gasteiger partial charge is 0.391 e. The molecule has 0 aromatic heterocycles. The number of carbonyl (C=O) groups excluding carboxylic acids is 1. The highest BCUT2D eigenvalue weighted by Gasteiger charge is 2.68. The Morgan fingerprint density at radius 3 is 2.27 bits per heavy atom. The third-order valence-corrected chi connectivity index (χ3v) is 7.42. The van der Waals surface area contributed by atoms with Crippen molar-refractivity contribution < 1.29 is 30.3 Å². The lowest BCUT2D eigenvalue weighted by Gasteiger charge is -2.52. The second-order valence-electron chi connectivity index (χ2n) is 9.12. The molecule has 3 aliphatic carbocycles. The summed E-state index contributed by atoms with van der Waals surface area (Å²) >= 11 is 0. The summed E-state index contributed by atoms with van der Waals surface area (Å²) in [6.07, 6.45) is -4.16. The standard InChI is InChI=1S/C20H30O6/c1-9-11(21)6-7-19(5)14(9)16(24)20(18(3,4)26)8-12(22)10(2)13(20)15(23)17(19)25/h11,14-17,21,23-26H,1,6-8H2,2-5H3/t11-,14-,15+,16-,17-,19+,20-/m0/s1. The molecule has 0 spiro atoms. The van der Waals surface area contributed by atoms with Crippen molar-refractivity contribution >= 4 is 5.78 Å². The van der Waals surface area contributed by atoms with Crippen LogP contribution in [0.4, 0.5) is 0 Å². The van der Waals surface area contributed by atoms with Crippen LogP contribution in [0.5, 0.6) is 0 Å². The number of hydrogen-bond donors (Lipinski definition) is 5. The van der Waals surface area contributed by atoms with Crippen LogP contribution in [0, 0.1) is 16.7 Å². The number of ketones is 1. The monoisotopic (exact) mass is 366 g/mol. The second kappa shape index (κ2) is 5.72. The predicted molar refractivity (Wildman–Crippen MR) is 95.1 cm³/mol. The molecule has 5 N–H and O–H groups in total. The van der Waals surface area contributed by atoms with Crippen LogP contribution in [0.1, 0.15) is 47.0 Å². The van der Waals surface area contributed by atoms with Crippen LogP contribution in [0.3, 0.4) is 0 Å². The van der Waals surface area contributed by atoms with Gasteiger partial charge in [-0.2, -0.15) is 0 Å². The lowest BCUT2D eigenvalue weighted by atomic mass is 9.55. The van der Waals surface area contributed by atoms with Crippen LogP contribution in [0.25, 0.3) is 0 Å². The molecular formula is C20H30O6. The topological polar surface area (TPSA) is 118 Å². The first-order chi connectivity index (χ1) is 11.8. The van der Waals surface area contributed by atoms with E-state index in [1.54, 1.807) is 13.8 Å². The Morgan fingerprint density at radius 2 is 1.73 bits per heavy atom. The summed E-state index contributed by atoms with van der Waals surface area (Å²) in [6, 6.07) is 0. The summed E-state index contributed by atoms with van der Waals surface area (Å²) in [6.45, 7) is 10.3. The molecule has 7 atom stereocenters. The van der Waals surface area contributed by atoms with E-state index in [0.29, 0.717) is 18.4 Å². The van der Waals surface area contributed by atoms with Crippen LogP contribution >= 0.6 is 0 Å². The highest BCUT2D eigenvalue weighted by Crippen LogP contribution is 2.62. The quantitative estimate of drug-likeness (QED) is 0.430. The van der Waals surface area contributed by atoms with E-state index >= 15 is 0 Å². The van der Waals surface area contributed by atoms with Crippen molar-refractivity contribution in [2.75, 3.05) is 0 Å². The molecule has 0 heterocycles. The molecule has 146 valence electrons. The predicted octanol–water partition coefficient (Wildman–Crippen LogP) is 0.463. The summed E-state index contributed by atoms with van der Waals surface area (Å²) in [5.41, 5.74) is -3.05. The van der Waals surface area contributed by atoms with Gasteiger partial charge in [0.2, 0.25) is 0 Å². The van der Waals surface area contributed by atoms with E-state index in [0.717, 1.165) is 0 Å². The van der Waals surface area contributed by atoms with E-state index in [1.807, 2.05) is 0 Å². The molecule has 0 bridgehead atoms. The summed E-state index contributed by atoms with van der Waals surface area (Å²) < 4.78 is 0. The van der Waals surface area contributed by atoms with Gasteiger partial charge in [0.25, 0.3) is 0 Å². The maximum atomic E-state index is 12.5. The number of aliphatic hydroxyl groups excluding tert-OH is 4. The Morgan fingerprint density at radius 1 is 1.15 bits per heavy atom. The maximum absolute atomic E-state index is 12.5. The van der Waals surface area contributed by atoms with Crippen molar-refractivity contribution in [3.05, 3.63) is 23.3 Å². The highest BCUT2D eigenvalue weighted by atomic mass is 16.3. The molecule has 0 aromatic carbocycles. The van der Waals surface area contributed by atoms with Gasteiger partial charge >= 0.3 is 0 Å². The van der Waals surface area contributed by atoms with Gasteiger partial charge in [-0.1, -0.05) is 13.5 Å². The Labute approximate surface area is 153 Å². The van der Waals surface area contributed by atoms with Crippen LogP contribution in [0.15, 0.2) is 23.3 Å². The molecule has 0 saturated heterocycles. The van der Waals surface area contributed by atoms with Gasteiger partial charge in [-0.15, -0.1) is 0 Å². The van der Waals surface area contributed by atoms with Gasteiger partial charge < -0.3 is 25.5 Å². The molecule has 2 fully saturated rings. The molecular weight excluding hydrogens is 336 g/mol. The minimum absolute atomic E-state index is 0.154. The van der Waals surface area contributed by atoms with Crippen molar-refractivity contribution in [3.63, 3.8) is 0 Å². The van der Waals surface area contributed by atoms with Gasteiger partial charge in [0, 0.05) is 17.8 Å². The van der Waals surface area contributed by atoms with Crippen LogP contribution < -0.4 is 0 Å². The van der Waals surface area contributed by atoms with Crippen molar-refractivity contribution in [3.8, 4) is 0 Å². The lowest BCUT2D eigenvalue weighted by Crippen LogP contribution is -2.58. The molecule has 6 nitrogen and oxygen atoms in total. The van der Waals surface area contributed by atoms with Crippen molar-refractivity contribution in [1.82, 2.24) is 0 Å². The fourth-order valence-corrected chi connectivity index (χ4v) is 5.74. The van der Waals surface area contributed by atoms with Gasteiger partial charge in [0.05, 0.1) is 29.3 Å². The molecule has 0 amide bonds. The minimum Gasteiger partial charge on any atom is -0.391 e. The molecule has 0 aliphatic heterocycles. The van der Waals surface area contributed by atoms with E-state index in [9.17, 15) is 30.3 Å². The van der Waals surface area contributed by atoms with E-state index in [2.05, 4.69) is 6.58 Å². The average molecular weight is 366 g/mol. The highest BCUT2D eigenvalue weighted by molar-refractivity contribution is 6.00. The van der Waals surface area contributed by atoms with E-state index < -0.39 is 46.8 Å². The van der Waals surface area contributed by atoms with E-state index in [4.69, 9.17) is 0 Å². The molecule has 0 aromatic rings. The zero-order valence-corrected chi connectivity index (χ0v) is 15.9. The third kappa shape index (κ3) is 2.20. The first-order valence-corrected chi connectivity index (χ1v) is 9.18. The van der Waals surface area contributed by atoms with Crippen LogP contribution in [-0.4, -0.2) is 61.3 Å². The summed E-state index contributed by atoms with van der Waals surface area (Å²) in [5, 5.41) is 55.0. The number of carbonyl (C=O) groups is 1. The number of Topliss-reactive ketones (excluding diaryl/α,β-unsaturated/α-hetero) is 1. The van der Waals surface area contributed by atoms with Gasteiger partial charge in [0.15, 0.2) is 5.78 Å². The zero-order valence-electron chi connectivity index (χ0n) is 15.9. The number of allylic oxidation sites excluding steroid dienone is 1. The normalized spacial score (nSPS) is 46.9. The van der Waals surface area contributed by atoms with E-state index in [1.165, 1.54) is 13.8 Å². The van der Waals surface area contributed by atoms with Crippen molar-refractivity contribution in [2.24, 2.45) is 16.7 Å². The first-order valence-electron chi connectivity index (χ1n) is 9.18. The maximum Gasteiger partial charge on any atom is 0.159 e. The van der Waals surface area contributed by atoms with Gasteiger partial charge in [0.1, 0.15) is 6.10 Å². The minimum atomic E-state index is -1.54. The van der Waals surface area contributed by atoms with Gasteiger partial charge in [-0.25, -0.2) is 0 Å². The SMILES string of the molecule is C=C1[C@@H](O)CC[C@@]2(C)[C@@H](O)[C@H](O)C3=C(C)C(=O)C[C@@]3(C(C)(C)O)[C@@H](O)[C@H]12. The fourth-order valence-electron chi connectivity index (χ4n) is 5.74. The van der Waals surface area contributed by atoms with Crippen molar-refractivity contribution in [2.45, 2.75) is 77.0 Å². The summed E-state index contributed by atoms with van der Waals surface area (Å²) in [7, 11) is 0. The molecule has 0 radical (unpaired) electrons. The van der Waals surface area contributed by atoms with Crippen LogP contribution in [-0.2, 0) is 4.79 Å². The molecule has 2 saturated carbocycles. The summed E-state index contributed by atoms with van der Waals surface area (Å²) in [5.74, 6) is -1.03.